The number of ether oxygens (including phenoxy) is 4. The molecule has 0 unspecified atom stereocenters. The standard InChI is InChI=1S/C17H14F2N2O9/c1-27-13-4-3-9(5-12(13)21(25)26)16(22)29-8-10-6-14(28-2)15(30-17(18)19)7-11(10)20(23)24/h3-7,17H,8H2,1-2H3. The van der Waals surface area contributed by atoms with Crippen LogP contribution in [0.1, 0.15) is 15.9 Å². The van der Waals surface area contributed by atoms with Gasteiger partial charge in [-0.1, -0.05) is 0 Å². The van der Waals surface area contributed by atoms with Gasteiger partial charge in [-0.2, -0.15) is 8.78 Å². The third-order valence-electron chi connectivity index (χ3n) is 3.75. The Morgan fingerprint density at radius 2 is 1.60 bits per heavy atom. The molecule has 0 heterocycles. The summed E-state index contributed by atoms with van der Waals surface area (Å²) in [5, 5.41) is 22.3. The van der Waals surface area contributed by atoms with Gasteiger partial charge in [-0.05, 0) is 18.2 Å². The highest BCUT2D eigenvalue weighted by atomic mass is 19.3. The number of carbonyl (C=O) groups excluding carboxylic acids is 1. The van der Waals surface area contributed by atoms with Crippen molar-refractivity contribution in [1.82, 2.24) is 0 Å². The maximum atomic E-state index is 12.5. The zero-order valence-corrected chi connectivity index (χ0v) is 15.5. The Morgan fingerprint density at radius 1 is 0.967 bits per heavy atom. The number of nitrogens with zero attached hydrogens (tertiary/aromatic N) is 2. The lowest BCUT2D eigenvalue weighted by Crippen LogP contribution is -2.09. The van der Waals surface area contributed by atoms with Crippen LogP contribution in [0.25, 0.3) is 0 Å². The molecule has 2 rings (SSSR count). The fraction of sp³-hybridized carbons (Fsp3) is 0.235. The van der Waals surface area contributed by atoms with Gasteiger partial charge in [-0.15, -0.1) is 0 Å². The third-order valence-corrected chi connectivity index (χ3v) is 3.75. The van der Waals surface area contributed by atoms with Crippen LogP contribution in [-0.4, -0.2) is 36.6 Å². The van der Waals surface area contributed by atoms with Gasteiger partial charge in [0.2, 0.25) is 0 Å². The maximum absolute atomic E-state index is 12.5. The summed E-state index contributed by atoms with van der Waals surface area (Å²) in [6.45, 7) is -3.88. The van der Waals surface area contributed by atoms with E-state index in [1.54, 1.807) is 0 Å². The molecule has 0 amide bonds. The Balaban J connectivity index is 2.30. The molecule has 0 bridgehead atoms. The summed E-state index contributed by atoms with van der Waals surface area (Å²) in [4.78, 5) is 32.9. The molecule has 0 aliphatic heterocycles. The molecule has 0 aliphatic rings. The second-order valence-corrected chi connectivity index (χ2v) is 5.49. The summed E-state index contributed by atoms with van der Waals surface area (Å²) in [5.41, 5.74) is -1.50. The summed E-state index contributed by atoms with van der Waals surface area (Å²) in [7, 11) is 2.35. The highest BCUT2D eigenvalue weighted by molar-refractivity contribution is 5.90. The number of benzene rings is 2. The number of alkyl halides is 2. The second-order valence-electron chi connectivity index (χ2n) is 5.49. The second kappa shape index (κ2) is 9.45. The van der Waals surface area contributed by atoms with Crippen molar-refractivity contribution in [2.75, 3.05) is 14.2 Å². The number of hydrogen-bond donors (Lipinski definition) is 0. The van der Waals surface area contributed by atoms with Gasteiger partial charge in [0, 0.05) is 6.07 Å². The normalized spacial score (nSPS) is 10.4. The zero-order valence-electron chi connectivity index (χ0n) is 15.5. The van der Waals surface area contributed by atoms with Gasteiger partial charge in [-0.25, -0.2) is 4.79 Å². The molecule has 0 fully saturated rings. The van der Waals surface area contributed by atoms with Crippen molar-refractivity contribution in [2.45, 2.75) is 13.2 Å². The van der Waals surface area contributed by atoms with Crippen LogP contribution in [0.2, 0.25) is 0 Å². The predicted molar refractivity (Wildman–Crippen MR) is 95.0 cm³/mol. The Bertz CT molecular complexity index is 982. The number of halogens is 2. The SMILES string of the molecule is COc1cc(COC(=O)c2ccc(OC)c([N+](=O)[O-])c2)c([N+](=O)[O-])cc1OC(F)F. The van der Waals surface area contributed by atoms with Gasteiger partial charge in [0.15, 0.2) is 17.2 Å². The molecular weight excluding hydrogens is 414 g/mol. The summed E-state index contributed by atoms with van der Waals surface area (Å²) in [5.74, 6) is -1.90. The van der Waals surface area contributed by atoms with Crippen LogP contribution < -0.4 is 14.2 Å². The Morgan fingerprint density at radius 3 is 2.13 bits per heavy atom. The largest absolute Gasteiger partial charge is 0.493 e. The number of nitro benzene ring substituents is 2. The first-order valence-corrected chi connectivity index (χ1v) is 7.97. The van der Waals surface area contributed by atoms with E-state index >= 15 is 0 Å². The van der Waals surface area contributed by atoms with Gasteiger partial charge in [-0.3, -0.25) is 20.2 Å². The summed E-state index contributed by atoms with van der Waals surface area (Å²) < 4.78 is 43.8. The monoisotopic (exact) mass is 428 g/mol. The van der Waals surface area contributed by atoms with Gasteiger partial charge in [0.1, 0.15) is 6.61 Å². The Labute approximate surface area is 167 Å². The van der Waals surface area contributed by atoms with E-state index in [4.69, 9.17) is 14.2 Å². The average molecular weight is 428 g/mol. The molecule has 0 aliphatic carbocycles. The number of hydrogen-bond acceptors (Lipinski definition) is 9. The van der Waals surface area contributed by atoms with Crippen LogP contribution >= 0.6 is 0 Å². The molecular formula is C17H14F2N2O9. The highest BCUT2D eigenvalue weighted by Crippen LogP contribution is 2.36. The molecule has 2 aromatic carbocycles. The van der Waals surface area contributed by atoms with Crippen molar-refractivity contribution in [2.24, 2.45) is 0 Å². The highest BCUT2D eigenvalue weighted by Gasteiger charge is 2.24. The van der Waals surface area contributed by atoms with E-state index in [2.05, 4.69) is 4.74 Å². The Kier molecular flexibility index (Phi) is 7.01. The molecule has 11 nitrogen and oxygen atoms in total. The van der Waals surface area contributed by atoms with Crippen LogP contribution in [0.5, 0.6) is 17.2 Å². The molecule has 2 aromatic rings. The fourth-order valence-corrected chi connectivity index (χ4v) is 2.41. The van der Waals surface area contributed by atoms with Crippen LogP contribution in [0, 0.1) is 20.2 Å². The molecule has 0 radical (unpaired) electrons. The minimum atomic E-state index is -3.24. The minimum absolute atomic E-state index is 0.0773. The first kappa shape index (κ1) is 22.3. The van der Waals surface area contributed by atoms with Crippen LogP contribution in [0.3, 0.4) is 0 Å². The molecule has 0 spiro atoms. The quantitative estimate of drug-likeness (QED) is 0.333. The number of carbonyl (C=O) groups is 1. The fourth-order valence-electron chi connectivity index (χ4n) is 2.41. The first-order valence-electron chi connectivity index (χ1n) is 7.97. The van der Waals surface area contributed by atoms with Crippen LogP contribution in [-0.2, 0) is 11.3 Å². The topological polar surface area (TPSA) is 140 Å². The molecule has 0 saturated carbocycles. The first-order chi connectivity index (χ1) is 14.2. The van der Waals surface area contributed by atoms with Crippen LogP contribution in [0.4, 0.5) is 20.2 Å². The van der Waals surface area contributed by atoms with E-state index in [1.807, 2.05) is 0 Å². The summed E-state index contributed by atoms with van der Waals surface area (Å²) >= 11 is 0. The molecule has 0 atom stereocenters. The number of methoxy groups -OCH3 is 2. The lowest BCUT2D eigenvalue weighted by Gasteiger charge is -2.12. The smallest absolute Gasteiger partial charge is 0.387 e. The number of nitro groups is 2. The van der Waals surface area contributed by atoms with E-state index < -0.39 is 46.2 Å². The van der Waals surface area contributed by atoms with Crippen molar-refractivity contribution >= 4 is 17.3 Å². The summed E-state index contributed by atoms with van der Waals surface area (Å²) in [6, 6.07) is 5.06. The van der Waals surface area contributed by atoms with E-state index in [0.29, 0.717) is 6.07 Å². The average Bonchev–Trinajstić information content (AvgIpc) is 2.70. The third kappa shape index (κ3) is 5.06. The van der Waals surface area contributed by atoms with E-state index in [0.717, 1.165) is 19.2 Å². The molecule has 0 aromatic heterocycles. The van der Waals surface area contributed by atoms with Gasteiger partial charge < -0.3 is 18.9 Å². The molecule has 160 valence electrons. The van der Waals surface area contributed by atoms with Crippen molar-refractivity contribution in [1.29, 1.82) is 0 Å². The molecule has 13 heteroatoms. The molecule has 0 N–H and O–H groups in total. The Hall–Kier alpha value is -4.03. The minimum Gasteiger partial charge on any atom is -0.493 e. The van der Waals surface area contributed by atoms with E-state index in [-0.39, 0.29) is 22.6 Å². The van der Waals surface area contributed by atoms with Crippen molar-refractivity contribution in [3.63, 3.8) is 0 Å². The number of esters is 1. The van der Waals surface area contributed by atoms with Crippen molar-refractivity contribution < 1.29 is 42.4 Å². The molecule has 0 saturated heterocycles. The lowest BCUT2D eigenvalue weighted by molar-refractivity contribution is -0.386. The number of rotatable bonds is 9. The van der Waals surface area contributed by atoms with Crippen molar-refractivity contribution in [3.05, 3.63) is 61.7 Å². The lowest BCUT2D eigenvalue weighted by atomic mass is 10.1. The maximum Gasteiger partial charge on any atom is 0.387 e. The summed E-state index contributed by atoms with van der Waals surface area (Å²) in [6.07, 6.45) is 0. The van der Waals surface area contributed by atoms with Gasteiger partial charge >= 0.3 is 18.3 Å². The zero-order chi connectivity index (χ0) is 22.4. The van der Waals surface area contributed by atoms with E-state index in [9.17, 15) is 33.8 Å². The predicted octanol–water partition coefficient (Wildman–Crippen LogP) is 3.48. The van der Waals surface area contributed by atoms with E-state index in [1.165, 1.54) is 19.2 Å². The van der Waals surface area contributed by atoms with Crippen LogP contribution in [0.15, 0.2) is 30.3 Å². The van der Waals surface area contributed by atoms with Gasteiger partial charge in [0.25, 0.3) is 5.69 Å². The molecule has 30 heavy (non-hydrogen) atoms. The van der Waals surface area contributed by atoms with Crippen molar-refractivity contribution in [3.8, 4) is 17.2 Å². The van der Waals surface area contributed by atoms with Gasteiger partial charge in [0.05, 0.1) is 41.3 Å².